The van der Waals surface area contributed by atoms with Crippen LogP contribution in [-0.2, 0) is 14.2 Å². The van der Waals surface area contributed by atoms with Crippen LogP contribution in [0.15, 0.2) is 0 Å². The predicted octanol–water partition coefficient (Wildman–Crippen LogP) is 4.11. The molecular weight excluding hydrogens is 216 g/mol. The Morgan fingerprint density at radius 2 is 1.12 bits per heavy atom. The summed E-state index contributed by atoms with van der Waals surface area (Å²) >= 11 is 0. The van der Waals surface area contributed by atoms with E-state index < -0.39 is 5.97 Å². The fourth-order valence-corrected chi connectivity index (χ4v) is 1.95. The third kappa shape index (κ3) is 7.74. The zero-order valence-corrected chi connectivity index (χ0v) is 12.1. The second-order valence-corrected chi connectivity index (χ2v) is 4.15. The summed E-state index contributed by atoms with van der Waals surface area (Å²) in [7, 11) is 0. The van der Waals surface area contributed by atoms with E-state index >= 15 is 0 Å². The average Bonchev–Trinajstić information content (AvgIpc) is 2.30. The van der Waals surface area contributed by atoms with Crippen molar-refractivity contribution in [2.24, 2.45) is 0 Å². The highest BCUT2D eigenvalue weighted by Crippen LogP contribution is 2.23. The molecule has 0 bridgehead atoms. The van der Waals surface area contributed by atoms with Crippen molar-refractivity contribution in [2.75, 3.05) is 19.8 Å². The molecule has 0 rings (SSSR count). The van der Waals surface area contributed by atoms with Crippen LogP contribution in [0.3, 0.4) is 0 Å². The summed E-state index contributed by atoms with van der Waals surface area (Å²) in [6.45, 7) is 10.0. The van der Waals surface area contributed by atoms with Gasteiger partial charge in [-0.3, -0.25) is 0 Å². The Balaban J connectivity index is 4.05. The van der Waals surface area contributed by atoms with Gasteiger partial charge in [0.15, 0.2) is 0 Å². The molecule has 0 spiro atoms. The molecule has 0 radical (unpaired) electrons. The number of hydrogen-bond donors (Lipinski definition) is 0. The van der Waals surface area contributed by atoms with Crippen LogP contribution < -0.4 is 0 Å². The summed E-state index contributed by atoms with van der Waals surface area (Å²) in [4.78, 5) is 0. The highest BCUT2D eigenvalue weighted by Gasteiger charge is 2.31. The molecule has 0 aromatic rings. The number of ether oxygens (including phenoxy) is 3. The SMILES string of the molecule is CCCCCCCC(OCC)(OCC)OCC. The zero-order chi connectivity index (χ0) is 13.0. The first-order valence-electron chi connectivity index (χ1n) is 7.16. The summed E-state index contributed by atoms with van der Waals surface area (Å²) in [6, 6.07) is 0. The fraction of sp³-hybridized carbons (Fsp3) is 1.00. The first-order valence-corrected chi connectivity index (χ1v) is 7.16. The van der Waals surface area contributed by atoms with Gasteiger partial charge in [0.05, 0.1) is 0 Å². The standard InChI is InChI=1S/C14H30O3/c1-5-9-10-11-12-13-14(15-6-2,16-7-3)17-8-4/h5-13H2,1-4H3. The van der Waals surface area contributed by atoms with Gasteiger partial charge in [-0.2, -0.15) is 0 Å². The van der Waals surface area contributed by atoms with Gasteiger partial charge in [-0.25, -0.2) is 0 Å². The molecule has 3 heteroatoms. The van der Waals surface area contributed by atoms with Gasteiger partial charge in [0.2, 0.25) is 0 Å². The van der Waals surface area contributed by atoms with Gasteiger partial charge in [0.25, 0.3) is 5.97 Å². The largest absolute Gasteiger partial charge is 0.328 e. The maximum Gasteiger partial charge on any atom is 0.282 e. The Bertz CT molecular complexity index is 143. The lowest BCUT2D eigenvalue weighted by Crippen LogP contribution is -2.39. The van der Waals surface area contributed by atoms with E-state index in [-0.39, 0.29) is 0 Å². The first kappa shape index (κ1) is 16.9. The van der Waals surface area contributed by atoms with Gasteiger partial charge in [0.1, 0.15) is 0 Å². The normalized spacial score (nSPS) is 12.0. The van der Waals surface area contributed by atoms with Gasteiger partial charge < -0.3 is 14.2 Å². The van der Waals surface area contributed by atoms with Crippen molar-refractivity contribution in [1.29, 1.82) is 0 Å². The second-order valence-electron chi connectivity index (χ2n) is 4.15. The van der Waals surface area contributed by atoms with Crippen LogP contribution in [0.5, 0.6) is 0 Å². The van der Waals surface area contributed by atoms with Crippen molar-refractivity contribution in [3.05, 3.63) is 0 Å². The van der Waals surface area contributed by atoms with Gasteiger partial charge in [0, 0.05) is 26.2 Å². The first-order chi connectivity index (χ1) is 8.24. The van der Waals surface area contributed by atoms with Gasteiger partial charge in [-0.15, -0.1) is 0 Å². The van der Waals surface area contributed by atoms with Crippen molar-refractivity contribution < 1.29 is 14.2 Å². The highest BCUT2D eigenvalue weighted by atomic mass is 16.9. The van der Waals surface area contributed by atoms with Crippen LogP contribution >= 0.6 is 0 Å². The molecule has 0 aliphatic rings. The molecule has 104 valence electrons. The van der Waals surface area contributed by atoms with Crippen molar-refractivity contribution in [3.8, 4) is 0 Å². The Hall–Kier alpha value is -0.120. The minimum Gasteiger partial charge on any atom is -0.328 e. The van der Waals surface area contributed by atoms with E-state index in [1.807, 2.05) is 20.8 Å². The predicted molar refractivity (Wildman–Crippen MR) is 71.0 cm³/mol. The Morgan fingerprint density at radius 1 is 0.647 bits per heavy atom. The smallest absolute Gasteiger partial charge is 0.282 e. The van der Waals surface area contributed by atoms with Crippen LogP contribution in [0, 0.1) is 0 Å². The summed E-state index contributed by atoms with van der Waals surface area (Å²) in [6.07, 6.45) is 7.02. The van der Waals surface area contributed by atoms with E-state index in [1.165, 1.54) is 25.7 Å². The Kier molecular flexibility index (Phi) is 10.9. The molecule has 0 aromatic carbocycles. The Labute approximate surface area is 107 Å². The third-order valence-electron chi connectivity index (χ3n) is 2.68. The molecule has 0 saturated heterocycles. The molecule has 0 amide bonds. The van der Waals surface area contributed by atoms with Crippen molar-refractivity contribution in [1.82, 2.24) is 0 Å². The van der Waals surface area contributed by atoms with Crippen LogP contribution in [-0.4, -0.2) is 25.8 Å². The summed E-state index contributed by atoms with van der Waals surface area (Å²) in [5, 5.41) is 0. The van der Waals surface area contributed by atoms with E-state index in [1.54, 1.807) is 0 Å². The fourth-order valence-electron chi connectivity index (χ4n) is 1.95. The van der Waals surface area contributed by atoms with Crippen LogP contribution in [0.2, 0.25) is 0 Å². The van der Waals surface area contributed by atoms with Crippen LogP contribution in [0.4, 0.5) is 0 Å². The molecular formula is C14H30O3. The molecule has 0 atom stereocenters. The molecule has 0 unspecified atom stereocenters. The number of hydrogen-bond acceptors (Lipinski definition) is 3. The lowest BCUT2D eigenvalue weighted by Gasteiger charge is -2.32. The van der Waals surface area contributed by atoms with Gasteiger partial charge in [-0.05, 0) is 27.2 Å². The zero-order valence-electron chi connectivity index (χ0n) is 12.1. The number of unbranched alkanes of at least 4 members (excludes halogenated alkanes) is 4. The molecule has 0 aliphatic carbocycles. The van der Waals surface area contributed by atoms with E-state index in [0.29, 0.717) is 19.8 Å². The summed E-state index contributed by atoms with van der Waals surface area (Å²) in [5.74, 6) is -0.801. The molecule has 0 aliphatic heterocycles. The quantitative estimate of drug-likeness (QED) is 0.383. The van der Waals surface area contributed by atoms with Crippen molar-refractivity contribution in [3.63, 3.8) is 0 Å². The van der Waals surface area contributed by atoms with E-state index in [0.717, 1.165) is 12.8 Å². The van der Waals surface area contributed by atoms with Crippen LogP contribution in [0.25, 0.3) is 0 Å². The van der Waals surface area contributed by atoms with E-state index in [4.69, 9.17) is 14.2 Å². The lowest BCUT2D eigenvalue weighted by atomic mass is 10.1. The lowest BCUT2D eigenvalue weighted by molar-refractivity contribution is -0.380. The monoisotopic (exact) mass is 246 g/mol. The Morgan fingerprint density at radius 3 is 1.53 bits per heavy atom. The third-order valence-corrected chi connectivity index (χ3v) is 2.68. The van der Waals surface area contributed by atoms with Crippen molar-refractivity contribution >= 4 is 0 Å². The van der Waals surface area contributed by atoms with Crippen LogP contribution in [0.1, 0.15) is 66.2 Å². The molecule has 3 nitrogen and oxygen atoms in total. The maximum absolute atomic E-state index is 5.67. The summed E-state index contributed by atoms with van der Waals surface area (Å²) in [5.41, 5.74) is 0. The van der Waals surface area contributed by atoms with Gasteiger partial charge in [-0.1, -0.05) is 32.6 Å². The highest BCUT2D eigenvalue weighted by molar-refractivity contribution is 4.59. The molecule has 0 N–H and O–H groups in total. The van der Waals surface area contributed by atoms with E-state index in [2.05, 4.69) is 6.92 Å². The molecule has 0 fully saturated rings. The number of rotatable bonds is 12. The topological polar surface area (TPSA) is 27.7 Å². The molecule has 0 aromatic heterocycles. The summed E-state index contributed by atoms with van der Waals surface area (Å²) < 4.78 is 17.0. The average molecular weight is 246 g/mol. The molecule has 0 heterocycles. The maximum atomic E-state index is 5.67. The molecule has 0 saturated carbocycles. The minimum atomic E-state index is -0.801. The minimum absolute atomic E-state index is 0.620. The van der Waals surface area contributed by atoms with Crippen molar-refractivity contribution in [2.45, 2.75) is 72.2 Å². The van der Waals surface area contributed by atoms with Gasteiger partial charge >= 0.3 is 0 Å². The van der Waals surface area contributed by atoms with E-state index in [9.17, 15) is 0 Å². The second kappa shape index (κ2) is 11.0. The molecule has 17 heavy (non-hydrogen) atoms.